The number of ether oxygens (including phenoxy) is 1. The number of ketones is 1. The zero-order chi connectivity index (χ0) is 16.0. The van der Waals surface area contributed by atoms with Gasteiger partial charge in [-0.05, 0) is 31.5 Å². The molecule has 1 aliphatic rings. The molecule has 0 radical (unpaired) electrons. The van der Waals surface area contributed by atoms with Crippen LogP contribution in [0.3, 0.4) is 0 Å². The fourth-order valence-corrected chi connectivity index (χ4v) is 3.50. The lowest BCUT2D eigenvalue weighted by molar-refractivity contribution is -0.114. The first-order valence-electron chi connectivity index (χ1n) is 7.71. The van der Waals surface area contributed by atoms with Gasteiger partial charge in [-0.3, -0.25) is 4.79 Å². The van der Waals surface area contributed by atoms with Crippen molar-refractivity contribution in [2.45, 2.75) is 19.8 Å². The number of aromatic nitrogens is 1. The van der Waals surface area contributed by atoms with Crippen LogP contribution in [0.5, 0.6) is 5.75 Å². The minimum Gasteiger partial charge on any atom is -0.461 e. The largest absolute Gasteiger partial charge is 0.461 e. The molecule has 0 saturated heterocycles. The summed E-state index contributed by atoms with van der Waals surface area (Å²) in [5.41, 5.74) is 3.95. The van der Waals surface area contributed by atoms with Gasteiger partial charge in [0, 0.05) is 34.2 Å². The second-order valence-electron chi connectivity index (χ2n) is 5.89. The molecule has 1 N–H and O–H groups in total. The number of H-pyrrole nitrogens is 1. The number of fused-ring (bicyclic) bond motifs is 2. The van der Waals surface area contributed by atoms with E-state index in [4.69, 9.17) is 4.74 Å². The van der Waals surface area contributed by atoms with Gasteiger partial charge in [0.25, 0.3) is 0 Å². The van der Waals surface area contributed by atoms with Crippen LogP contribution in [-0.2, 0) is 4.79 Å². The van der Waals surface area contributed by atoms with E-state index in [1.165, 1.54) is 0 Å². The lowest BCUT2D eigenvalue weighted by Crippen LogP contribution is -2.19. The molecule has 0 saturated carbocycles. The second-order valence-corrected chi connectivity index (χ2v) is 5.89. The van der Waals surface area contributed by atoms with Gasteiger partial charge in [-0.25, -0.2) is 0 Å². The van der Waals surface area contributed by atoms with Gasteiger partial charge in [-0.1, -0.05) is 36.4 Å². The number of para-hydroxylation sites is 2. The van der Waals surface area contributed by atoms with Crippen LogP contribution >= 0.6 is 0 Å². The lowest BCUT2D eigenvalue weighted by Gasteiger charge is -2.28. The first-order chi connectivity index (χ1) is 11.2. The zero-order valence-corrected chi connectivity index (χ0v) is 13.1. The summed E-state index contributed by atoms with van der Waals surface area (Å²) in [5.74, 6) is 1.46. The van der Waals surface area contributed by atoms with E-state index in [0.29, 0.717) is 5.76 Å². The van der Waals surface area contributed by atoms with Gasteiger partial charge in [0.2, 0.25) is 0 Å². The van der Waals surface area contributed by atoms with E-state index in [0.717, 1.165) is 33.4 Å². The Kier molecular flexibility index (Phi) is 3.08. The quantitative estimate of drug-likeness (QED) is 0.754. The van der Waals surface area contributed by atoms with E-state index in [-0.39, 0.29) is 11.7 Å². The molecule has 3 nitrogen and oxygen atoms in total. The van der Waals surface area contributed by atoms with Crippen LogP contribution in [0.25, 0.3) is 10.9 Å². The van der Waals surface area contributed by atoms with Crippen LogP contribution in [0.1, 0.15) is 30.9 Å². The molecule has 0 fully saturated rings. The Morgan fingerprint density at radius 1 is 1.04 bits per heavy atom. The van der Waals surface area contributed by atoms with Gasteiger partial charge in [-0.2, -0.15) is 0 Å². The van der Waals surface area contributed by atoms with Crippen LogP contribution in [-0.4, -0.2) is 10.8 Å². The fourth-order valence-electron chi connectivity index (χ4n) is 3.50. The molecule has 3 aromatic rings. The van der Waals surface area contributed by atoms with Crippen molar-refractivity contribution in [1.82, 2.24) is 4.98 Å². The Morgan fingerprint density at radius 2 is 1.78 bits per heavy atom. The number of benzene rings is 2. The van der Waals surface area contributed by atoms with Crippen molar-refractivity contribution in [3.8, 4) is 5.75 Å². The molecule has 0 bridgehead atoms. The number of nitrogens with one attached hydrogen (secondary N) is 1. The third-order valence-electron chi connectivity index (χ3n) is 4.47. The number of Topliss-reactive ketones (excluding diaryl/α,β-unsaturated/α-hetero) is 1. The maximum absolute atomic E-state index is 12.3. The molecule has 1 atom stereocenters. The van der Waals surface area contributed by atoms with Gasteiger partial charge in [0.15, 0.2) is 5.78 Å². The van der Waals surface area contributed by atoms with E-state index in [2.05, 4.69) is 11.1 Å². The standard InChI is InChI=1S/C20H17NO2/c1-12(22)19-13(2)23-18-10-6-4-8-15(18)20(19)16-11-21-17-9-5-3-7-14(16)17/h3-11,20-21H,1-2H3. The maximum Gasteiger partial charge on any atom is 0.160 e. The third-order valence-corrected chi connectivity index (χ3v) is 4.47. The molecule has 23 heavy (non-hydrogen) atoms. The van der Waals surface area contributed by atoms with Gasteiger partial charge in [0.1, 0.15) is 11.5 Å². The topological polar surface area (TPSA) is 42.1 Å². The van der Waals surface area contributed by atoms with E-state index in [9.17, 15) is 4.79 Å². The molecule has 0 spiro atoms. The monoisotopic (exact) mass is 303 g/mol. The number of rotatable bonds is 2. The lowest BCUT2D eigenvalue weighted by atomic mass is 9.80. The Hall–Kier alpha value is -2.81. The normalized spacial score (nSPS) is 17.0. The predicted octanol–water partition coefficient (Wildman–Crippen LogP) is 4.56. The van der Waals surface area contributed by atoms with Crippen LogP contribution in [0.2, 0.25) is 0 Å². The summed E-state index contributed by atoms with van der Waals surface area (Å²) in [5, 5.41) is 1.14. The number of hydrogen-bond acceptors (Lipinski definition) is 2. The van der Waals surface area contributed by atoms with Crippen molar-refractivity contribution in [3.63, 3.8) is 0 Å². The Morgan fingerprint density at radius 3 is 2.61 bits per heavy atom. The molecular weight excluding hydrogens is 286 g/mol. The molecule has 1 aromatic heterocycles. The number of carbonyl (C=O) groups is 1. The molecule has 1 aliphatic heterocycles. The minimum atomic E-state index is -0.103. The van der Waals surface area contributed by atoms with E-state index >= 15 is 0 Å². The summed E-state index contributed by atoms with van der Waals surface area (Å²) in [6.07, 6.45) is 2.01. The van der Waals surface area contributed by atoms with E-state index in [1.54, 1.807) is 6.92 Å². The number of carbonyl (C=O) groups excluding carboxylic acids is 1. The molecule has 0 aliphatic carbocycles. The number of allylic oxidation sites excluding steroid dienone is 2. The van der Waals surface area contributed by atoms with Gasteiger partial charge < -0.3 is 9.72 Å². The van der Waals surface area contributed by atoms with Gasteiger partial charge in [-0.15, -0.1) is 0 Å². The van der Waals surface area contributed by atoms with Crippen LogP contribution in [0, 0.1) is 0 Å². The Bertz CT molecular complexity index is 949. The average Bonchev–Trinajstić information content (AvgIpc) is 2.97. The molecule has 1 unspecified atom stereocenters. The van der Waals surface area contributed by atoms with Crippen LogP contribution in [0.4, 0.5) is 0 Å². The Labute approximate surface area is 134 Å². The molecular formula is C20H17NO2. The van der Waals surface area contributed by atoms with Crippen LogP contribution in [0.15, 0.2) is 66.1 Å². The van der Waals surface area contributed by atoms with Crippen molar-refractivity contribution < 1.29 is 9.53 Å². The zero-order valence-electron chi connectivity index (χ0n) is 13.1. The molecule has 2 heterocycles. The third kappa shape index (κ3) is 2.08. The van der Waals surface area contributed by atoms with E-state index < -0.39 is 0 Å². The molecule has 2 aromatic carbocycles. The molecule has 4 rings (SSSR count). The first-order valence-corrected chi connectivity index (χ1v) is 7.71. The highest BCUT2D eigenvalue weighted by atomic mass is 16.5. The summed E-state index contributed by atoms with van der Waals surface area (Å²) in [6.45, 7) is 3.48. The number of hydrogen-bond donors (Lipinski definition) is 1. The highest BCUT2D eigenvalue weighted by molar-refractivity contribution is 5.98. The summed E-state index contributed by atoms with van der Waals surface area (Å²) >= 11 is 0. The summed E-state index contributed by atoms with van der Waals surface area (Å²) in [4.78, 5) is 15.6. The Balaban J connectivity index is 2.02. The highest BCUT2D eigenvalue weighted by Crippen LogP contribution is 2.45. The summed E-state index contributed by atoms with van der Waals surface area (Å²) in [6, 6.07) is 16.1. The smallest absolute Gasteiger partial charge is 0.160 e. The van der Waals surface area contributed by atoms with E-state index in [1.807, 2.05) is 55.6 Å². The van der Waals surface area contributed by atoms with Crippen molar-refractivity contribution in [3.05, 3.63) is 77.2 Å². The van der Waals surface area contributed by atoms with Gasteiger partial charge in [0.05, 0.1) is 0 Å². The first kappa shape index (κ1) is 13.8. The van der Waals surface area contributed by atoms with Crippen LogP contribution < -0.4 is 4.74 Å². The van der Waals surface area contributed by atoms with Crippen molar-refractivity contribution >= 4 is 16.7 Å². The minimum absolute atomic E-state index is 0.0484. The summed E-state index contributed by atoms with van der Waals surface area (Å²) in [7, 11) is 0. The second kappa shape index (κ2) is 5.13. The number of aromatic amines is 1. The average molecular weight is 303 g/mol. The summed E-state index contributed by atoms with van der Waals surface area (Å²) < 4.78 is 5.89. The SMILES string of the molecule is CC(=O)C1=C(C)Oc2ccccc2C1c1c[nH]c2ccccc12. The predicted molar refractivity (Wildman–Crippen MR) is 90.6 cm³/mol. The fraction of sp³-hybridized carbons (Fsp3) is 0.150. The molecule has 3 heteroatoms. The van der Waals surface area contributed by atoms with Crippen molar-refractivity contribution in [1.29, 1.82) is 0 Å². The van der Waals surface area contributed by atoms with Gasteiger partial charge >= 0.3 is 0 Å². The molecule has 0 amide bonds. The maximum atomic E-state index is 12.3. The molecule has 114 valence electrons. The highest BCUT2D eigenvalue weighted by Gasteiger charge is 2.33. The van der Waals surface area contributed by atoms with Crippen molar-refractivity contribution in [2.75, 3.05) is 0 Å². The van der Waals surface area contributed by atoms with Crippen molar-refractivity contribution in [2.24, 2.45) is 0 Å².